The van der Waals surface area contributed by atoms with E-state index >= 15 is 0 Å². The number of nitrogens with zero attached hydrogens (tertiary/aromatic N) is 1. The van der Waals surface area contributed by atoms with Crippen molar-refractivity contribution in [3.8, 4) is 5.75 Å². The summed E-state index contributed by atoms with van der Waals surface area (Å²) < 4.78 is 39.0. The van der Waals surface area contributed by atoms with Crippen LogP contribution in [0.3, 0.4) is 0 Å². The predicted octanol–water partition coefficient (Wildman–Crippen LogP) is 0.701. The van der Waals surface area contributed by atoms with Gasteiger partial charge in [0.05, 0.1) is 26.0 Å². The van der Waals surface area contributed by atoms with E-state index in [1.807, 2.05) is 0 Å². The third-order valence-electron chi connectivity index (χ3n) is 3.44. The third kappa shape index (κ3) is 4.81. The molecule has 1 aromatic carbocycles. The molecular formula is C14H20N2O6S. The van der Waals surface area contributed by atoms with Crippen molar-refractivity contribution in [3.63, 3.8) is 0 Å². The average molecular weight is 344 g/mol. The van der Waals surface area contributed by atoms with E-state index in [0.717, 1.165) is 0 Å². The van der Waals surface area contributed by atoms with E-state index in [-0.39, 0.29) is 19.5 Å². The molecule has 23 heavy (non-hydrogen) atoms. The van der Waals surface area contributed by atoms with Crippen LogP contribution in [0.1, 0.15) is 12.0 Å². The molecular weight excluding hydrogens is 324 g/mol. The first-order valence-electron chi connectivity index (χ1n) is 7.17. The van der Waals surface area contributed by atoms with Gasteiger partial charge in [0.25, 0.3) is 0 Å². The maximum absolute atomic E-state index is 12.4. The van der Waals surface area contributed by atoms with E-state index in [4.69, 9.17) is 14.6 Å². The van der Waals surface area contributed by atoms with Crippen LogP contribution in [0.15, 0.2) is 18.2 Å². The van der Waals surface area contributed by atoms with Crippen LogP contribution in [-0.4, -0.2) is 57.2 Å². The summed E-state index contributed by atoms with van der Waals surface area (Å²) in [5, 5.41) is 8.75. The second-order valence-electron chi connectivity index (χ2n) is 5.05. The van der Waals surface area contributed by atoms with E-state index in [9.17, 15) is 13.2 Å². The molecule has 1 saturated heterocycles. The lowest BCUT2D eigenvalue weighted by atomic mass is 10.1. The summed E-state index contributed by atoms with van der Waals surface area (Å²) in [6, 6.07) is 4.93. The molecule has 0 unspecified atom stereocenters. The molecule has 0 spiro atoms. The van der Waals surface area contributed by atoms with E-state index in [0.29, 0.717) is 36.6 Å². The molecule has 0 saturated carbocycles. The summed E-state index contributed by atoms with van der Waals surface area (Å²) in [5.74, 6) is -0.530. The van der Waals surface area contributed by atoms with Crippen LogP contribution < -0.4 is 9.46 Å². The van der Waals surface area contributed by atoms with Gasteiger partial charge in [-0.2, -0.15) is 12.7 Å². The average Bonchev–Trinajstić information content (AvgIpc) is 2.53. The van der Waals surface area contributed by atoms with Gasteiger partial charge in [0.1, 0.15) is 5.75 Å². The number of hydrogen-bond acceptors (Lipinski definition) is 5. The zero-order valence-corrected chi connectivity index (χ0v) is 13.6. The number of aliphatic carboxylic acids is 1. The van der Waals surface area contributed by atoms with Crippen molar-refractivity contribution in [2.75, 3.05) is 38.1 Å². The van der Waals surface area contributed by atoms with Gasteiger partial charge in [-0.3, -0.25) is 9.52 Å². The summed E-state index contributed by atoms with van der Waals surface area (Å²) in [6.45, 7) is 1.29. The smallest absolute Gasteiger partial charge is 0.303 e. The molecule has 1 heterocycles. The van der Waals surface area contributed by atoms with Gasteiger partial charge in [-0.05, 0) is 24.1 Å². The van der Waals surface area contributed by atoms with Gasteiger partial charge < -0.3 is 14.6 Å². The summed E-state index contributed by atoms with van der Waals surface area (Å²) >= 11 is 0. The number of rotatable bonds is 7. The maximum Gasteiger partial charge on any atom is 0.303 e. The van der Waals surface area contributed by atoms with Gasteiger partial charge in [0.2, 0.25) is 0 Å². The molecule has 128 valence electrons. The molecule has 0 atom stereocenters. The van der Waals surface area contributed by atoms with Crippen LogP contribution in [0.4, 0.5) is 5.69 Å². The van der Waals surface area contributed by atoms with Gasteiger partial charge in [-0.1, -0.05) is 6.07 Å². The SMILES string of the molecule is COc1ccc(CCC(=O)O)cc1NS(=O)(=O)N1CCOCC1. The topological polar surface area (TPSA) is 105 Å². The number of carboxylic acid groups (broad SMARTS) is 1. The number of hydrogen-bond donors (Lipinski definition) is 2. The summed E-state index contributed by atoms with van der Waals surface area (Å²) in [4.78, 5) is 10.7. The Kier molecular flexibility index (Phi) is 5.80. The Balaban J connectivity index is 2.18. The van der Waals surface area contributed by atoms with Gasteiger partial charge in [-0.15, -0.1) is 0 Å². The van der Waals surface area contributed by atoms with Gasteiger partial charge in [0, 0.05) is 19.5 Å². The number of benzene rings is 1. The van der Waals surface area contributed by atoms with Crippen molar-refractivity contribution in [3.05, 3.63) is 23.8 Å². The minimum Gasteiger partial charge on any atom is -0.495 e. The predicted molar refractivity (Wildman–Crippen MR) is 83.9 cm³/mol. The Labute approximate surface area is 135 Å². The van der Waals surface area contributed by atoms with Crippen molar-refractivity contribution in [1.29, 1.82) is 0 Å². The number of aryl methyl sites for hydroxylation is 1. The Bertz CT molecular complexity index is 655. The number of anilines is 1. The molecule has 1 aliphatic rings. The van der Waals surface area contributed by atoms with Gasteiger partial charge in [0.15, 0.2) is 0 Å². The standard InChI is InChI=1S/C14H20N2O6S/c1-21-13-4-2-11(3-5-14(17)18)10-12(13)15-23(19,20)16-6-8-22-9-7-16/h2,4,10,15H,3,5-9H2,1H3,(H,17,18). The molecule has 1 aliphatic heterocycles. The second-order valence-corrected chi connectivity index (χ2v) is 6.72. The first-order valence-corrected chi connectivity index (χ1v) is 8.61. The molecule has 0 amide bonds. The highest BCUT2D eigenvalue weighted by Crippen LogP contribution is 2.27. The molecule has 0 radical (unpaired) electrons. The van der Waals surface area contributed by atoms with Gasteiger partial charge in [-0.25, -0.2) is 0 Å². The Morgan fingerprint density at radius 3 is 2.70 bits per heavy atom. The molecule has 8 nitrogen and oxygen atoms in total. The van der Waals surface area contributed by atoms with Crippen LogP contribution >= 0.6 is 0 Å². The van der Waals surface area contributed by atoms with E-state index < -0.39 is 16.2 Å². The summed E-state index contributed by atoms with van der Waals surface area (Å²) in [7, 11) is -2.27. The molecule has 1 fully saturated rings. The number of morpholine rings is 1. The van der Waals surface area contributed by atoms with E-state index in [1.165, 1.54) is 11.4 Å². The highest BCUT2D eigenvalue weighted by atomic mass is 32.2. The van der Waals surface area contributed by atoms with Crippen LogP contribution in [0.25, 0.3) is 0 Å². The fraction of sp³-hybridized carbons (Fsp3) is 0.500. The number of nitrogens with one attached hydrogen (secondary N) is 1. The summed E-state index contributed by atoms with van der Waals surface area (Å²) in [6.07, 6.45) is 0.285. The molecule has 0 aromatic heterocycles. The largest absolute Gasteiger partial charge is 0.495 e. The number of methoxy groups -OCH3 is 1. The summed E-state index contributed by atoms with van der Waals surface area (Å²) in [5.41, 5.74) is 1.01. The van der Waals surface area contributed by atoms with E-state index in [2.05, 4.69) is 4.72 Å². The number of carbonyl (C=O) groups is 1. The van der Waals surface area contributed by atoms with Crippen molar-refractivity contribution < 1.29 is 27.8 Å². The Morgan fingerprint density at radius 2 is 2.09 bits per heavy atom. The maximum atomic E-state index is 12.4. The number of carboxylic acids is 1. The zero-order valence-electron chi connectivity index (χ0n) is 12.8. The lowest BCUT2D eigenvalue weighted by molar-refractivity contribution is -0.136. The van der Waals surface area contributed by atoms with Crippen molar-refractivity contribution in [1.82, 2.24) is 4.31 Å². The van der Waals surface area contributed by atoms with Crippen LogP contribution in [-0.2, 0) is 26.2 Å². The molecule has 0 bridgehead atoms. The highest BCUT2D eigenvalue weighted by molar-refractivity contribution is 7.90. The quantitative estimate of drug-likeness (QED) is 0.754. The second kappa shape index (κ2) is 7.62. The minimum atomic E-state index is -3.71. The van der Waals surface area contributed by atoms with E-state index in [1.54, 1.807) is 18.2 Å². The van der Waals surface area contributed by atoms with Crippen molar-refractivity contribution in [2.45, 2.75) is 12.8 Å². The molecule has 2 N–H and O–H groups in total. The fourth-order valence-corrected chi connectivity index (χ4v) is 3.43. The van der Waals surface area contributed by atoms with Crippen LogP contribution in [0.5, 0.6) is 5.75 Å². The molecule has 1 aromatic rings. The minimum absolute atomic E-state index is 0.0258. The lowest BCUT2D eigenvalue weighted by Gasteiger charge is -2.26. The van der Waals surface area contributed by atoms with Crippen molar-refractivity contribution in [2.24, 2.45) is 0 Å². The first-order chi connectivity index (χ1) is 10.9. The Morgan fingerprint density at radius 1 is 1.39 bits per heavy atom. The molecule has 2 rings (SSSR count). The normalized spacial score (nSPS) is 16.0. The van der Waals surface area contributed by atoms with Crippen LogP contribution in [0, 0.1) is 0 Å². The fourth-order valence-electron chi connectivity index (χ4n) is 2.23. The Hall–Kier alpha value is -1.84. The number of ether oxygens (including phenoxy) is 2. The molecule has 0 aliphatic carbocycles. The third-order valence-corrected chi connectivity index (χ3v) is 4.96. The molecule has 9 heteroatoms. The lowest BCUT2D eigenvalue weighted by Crippen LogP contribution is -2.43. The zero-order chi connectivity index (χ0) is 16.9. The monoisotopic (exact) mass is 344 g/mol. The highest BCUT2D eigenvalue weighted by Gasteiger charge is 2.25. The van der Waals surface area contributed by atoms with Crippen LogP contribution in [0.2, 0.25) is 0 Å². The first kappa shape index (κ1) is 17.5. The van der Waals surface area contributed by atoms with Crippen molar-refractivity contribution >= 4 is 21.9 Å². The van der Waals surface area contributed by atoms with Gasteiger partial charge >= 0.3 is 16.2 Å².